The number of carbonyl (C=O) groups excluding carboxylic acids is 1. The van der Waals surface area contributed by atoms with E-state index in [2.05, 4.69) is 4.74 Å². The Bertz CT molecular complexity index is 704. The van der Waals surface area contributed by atoms with Crippen LogP contribution < -0.4 is 0 Å². The first kappa shape index (κ1) is 19.7. The number of aliphatic hydroxyl groups is 1. The maximum Gasteiger partial charge on any atom is 0.432 e. The van der Waals surface area contributed by atoms with Gasteiger partial charge in [0.1, 0.15) is 0 Å². The van der Waals surface area contributed by atoms with Crippen molar-refractivity contribution in [3.63, 3.8) is 0 Å². The van der Waals surface area contributed by atoms with Crippen LogP contribution in [-0.4, -0.2) is 47.2 Å². The van der Waals surface area contributed by atoms with Crippen LogP contribution in [0.1, 0.15) is 38.5 Å². The first-order valence-electron chi connectivity index (χ1n) is 7.91. The molecule has 0 aromatic heterocycles. The second-order valence-corrected chi connectivity index (χ2v) is 9.26. The van der Waals surface area contributed by atoms with Gasteiger partial charge in [-0.05, 0) is 50.4 Å². The summed E-state index contributed by atoms with van der Waals surface area (Å²) in [6, 6.07) is 0. The smallest absolute Gasteiger partial charge is 0.432 e. The highest BCUT2D eigenvalue weighted by molar-refractivity contribution is 7.86. The summed E-state index contributed by atoms with van der Waals surface area (Å²) in [5.74, 6) is -1.94. The van der Waals surface area contributed by atoms with E-state index in [0.29, 0.717) is 19.3 Å². The third kappa shape index (κ3) is 3.09. The van der Waals surface area contributed by atoms with Gasteiger partial charge in [0.25, 0.3) is 6.10 Å². The summed E-state index contributed by atoms with van der Waals surface area (Å²) in [6.45, 7) is 0. The van der Waals surface area contributed by atoms with Crippen molar-refractivity contribution in [2.24, 2.45) is 17.3 Å². The van der Waals surface area contributed by atoms with E-state index in [-0.39, 0.29) is 31.1 Å². The predicted molar refractivity (Wildman–Crippen MR) is 72.6 cm³/mol. The van der Waals surface area contributed by atoms with Crippen molar-refractivity contribution < 1.29 is 49.6 Å². The third-order valence-corrected chi connectivity index (χ3v) is 6.50. The average Bonchev–Trinajstić information content (AvgIpc) is 2.38. The molecule has 0 aromatic carbocycles. The number of alkyl halides is 5. The lowest BCUT2D eigenvalue weighted by Gasteiger charge is -2.58. The Kier molecular flexibility index (Phi) is 4.18. The molecule has 150 valence electrons. The molecule has 0 radical (unpaired) electrons. The van der Waals surface area contributed by atoms with Crippen molar-refractivity contribution in [2.45, 2.75) is 61.7 Å². The van der Waals surface area contributed by atoms with Crippen molar-refractivity contribution in [1.29, 1.82) is 0 Å². The van der Waals surface area contributed by atoms with E-state index < -0.39 is 44.6 Å². The zero-order chi connectivity index (χ0) is 19.8. The lowest BCUT2D eigenvalue weighted by Crippen LogP contribution is -2.60. The molecule has 1 N–H and O–H groups in total. The fraction of sp³-hybridized carbons (Fsp3) is 0.929. The van der Waals surface area contributed by atoms with E-state index in [0.717, 1.165) is 0 Å². The standard InChI is InChI=1S/C14H17F5O6S/c15-13(16,17)9(14(18,19)26(22,23)24)25-10(20)11-2-7-1-8(3-11)5-12(21,4-7)6-11/h7-9,21H,1-6H2,(H,22,23,24)/p-1. The molecule has 4 bridgehead atoms. The number of hydrogen-bond acceptors (Lipinski definition) is 6. The summed E-state index contributed by atoms with van der Waals surface area (Å²) in [6.07, 6.45) is -9.03. The molecule has 0 saturated heterocycles. The van der Waals surface area contributed by atoms with Crippen molar-refractivity contribution in [2.75, 3.05) is 0 Å². The average molecular weight is 407 g/mol. The molecular weight excluding hydrogens is 391 g/mol. The van der Waals surface area contributed by atoms with Crippen LogP contribution in [0.3, 0.4) is 0 Å². The highest BCUT2D eigenvalue weighted by atomic mass is 32.2. The molecule has 3 unspecified atom stereocenters. The minimum Gasteiger partial charge on any atom is -0.743 e. The monoisotopic (exact) mass is 407 g/mol. The Balaban J connectivity index is 1.90. The zero-order valence-corrected chi connectivity index (χ0v) is 14.1. The van der Waals surface area contributed by atoms with Crippen LogP contribution in [-0.2, 0) is 19.6 Å². The highest BCUT2D eigenvalue weighted by Gasteiger charge is 2.66. The molecule has 4 aliphatic carbocycles. The minimum absolute atomic E-state index is 0.0743. The van der Waals surface area contributed by atoms with Crippen LogP contribution in [0, 0.1) is 17.3 Å². The first-order valence-corrected chi connectivity index (χ1v) is 9.32. The number of rotatable bonds is 4. The quantitative estimate of drug-likeness (QED) is 0.434. The van der Waals surface area contributed by atoms with Crippen LogP contribution in [0.15, 0.2) is 0 Å². The Morgan fingerprint density at radius 1 is 1.12 bits per heavy atom. The summed E-state index contributed by atoms with van der Waals surface area (Å²) in [5, 5.41) is 4.61. The van der Waals surface area contributed by atoms with Gasteiger partial charge >= 0.3 is 17.4 Å². The number of halogens is 5. The largest absolute Gasteiger partial charge is 0.743 e. The summed E-state index contributed by atoms with van der Waals surface area (Å²) in [5.41, 5.74) is -2.85. The van der Waals surface area contributed by atoms with Crippen LogP contribution >= 0.6 is 0 Å². The molecule has 4 fully saturated rings. The Hall–Kier alpha value is -1.01. The lowest BCUT2D eigenvalue weighted by atomic mass is 9.48. The minimum atomic E-state index is -6.73. The summed E-state index contributed by atoms with van der Waals surface area (Å²) >= 11 is 0. The van der Waals surface area contributed by atoms with Gasteiger partial charge < -0.3 is 14.4 Å². The molecule has 4 aliphatic rings. The Morgan fingerprint density at radius 3 is 2.00 bits per heavy atom. The van der Waals surface area contributed by atoms with Crippen molar-refractivity contribution in [1.82, 2.24) is 0 Å². The topological polar surface area (TPSA) is 104 Å². The molecule has 12 heteroatoms. The molecule has 6 nitrogen and oxygen atoms in total. The molecule has 0 aromatic rings. The molecule has 0 spiro atoms. The second-order valence-electron chi connectivity index (χ2n) is 7.81. The van der Waals surface area contributed by atoms with Gasteiger partial charge in [-0.15, -0.1) is 0 Å². The number of ether oxygens (including phenoxy) is 1. The molecular formula is C14H16F5O6S-. The van der Waals surface area contributed by atoms with E-state index in [9.17, 15) is 44.8 Å². The van der Waals surface area contributed by atoms with Gasteiger partial charge in [-0.3, -0.25) is 4.79 Å². The predicted octanol–water partition coefficient (Wildman–Crippen LogP) is 1.93. The van der Waals surface area contributed by atoms with Gasteiger partial charge in [-0.2, -0.15) is 22.0 Å². The normalized spacial score (nSPS) is 38.3. The summed E-state index contributed by atoms with van der Waals surface area (Å²) < 4.78 is 102. The third-order valence-electron chi connectivity index (χ3n) is 5.62. The maximum absolute atomic E-state index is 13.6. The van der Waals surface area contributed by atoms with E-state index in [1.54, 1.807) is 0 Å². The van der Waals surface area contributed by atoms with E-state index in [4.69, 9.17) is 0 Å². The highest BCUT2D eigenvalue weighted by Crippen LogP contribution is 2.62. The fourth-order valence-electron chi connectivity index (χ4n) is 5.14. The molecule has 26 heavy (non-hydrogen) atoms. The van der Waals surface area contributed by atoms with Crippen LogP contribution in [0.4, 0.5) is 22.0 Å². The number of esters is 1. The first-order chi connectivity index (χ1) is 11.6. The van der Waals surface area contributed by atoms with Gasteiger partial charge in [0.15, 0.2) is 10.1 Å². The molecule has 0 heterocycles. The van der Waals surface area contributed by atoms with Crippen molar-refractivity contribution in [3.05, 3.63) is 0 Å². The van der Waals surface area contributed by atoms with Gasteiger partial charge in [-0.1, -0.05) is 0 Å². The van der Waals surface area contributed by atoms with E-state index >= 15 is 0 Å². The number of hydrogen-bond donors (Lipinski definition) is 1. The Morgan fingerprint density at radius 2 is 1.62 bits per heavy atom. The van der Waals surface area contributed by atoms with Gasteiger partial charge in [0.05, 0.1) is 11.0 Å². The van der Waals surface area contributed by atoms with E-state index in [1.807, 2.05) is 0 Å². The molecule has 4 rings (SSSR count). The molecule has 0 aliphatic heterocycles. The summed E-state index contributed by atoms with van der Waals surface area (Å²) in [7, 11) is -6.73. The molecule has 4 saturated carbocycles. The maximum atomic E-state index is 13.6. The zero-order valence-electron chi connectivity index (χ0n) is 13.3. The van der Waals surface area contributed by atoms with Gasteiger partial charge in [0.2, 0.25) is 0 Å². The fourth-order valence-corrected chi connectivity index (χ4v) is 5.59. The van der Waals surface area contributed by atoms with E-state index in [1.165, 1.54) is 0 Å². The lowest BCUT2D eigenvalue weighted by molar-refractivity contribution is -0.269. The van der Waals surface area contributed by atoms with Gasteiger partial charge in [0, 0.05) is 0 Å². The SMILES string of the molecule is O=C(OC(C(F)(F)F)C(F)(F)S(=O)(=O)[O-])C12CC3CC(CC(O)(C3)C1)C2. The van der Waals surface area contributed by atoms with Crippen molar-refractivity contribution >= 4 is 16.1 Å². The second kappa shape index (κ2) is 5.51. The van der Waals surface area contributed by atoms with Crippen molar-refractivity contribution in [3.8, 4) is 0 Å². The van der Waals surface area contributed by atoms with Gasteiger partial charge in [-0.25, -0.2) is 8.42 Å². The molecule has 3 atom stereocenters. The number of carbonyl (C=O) groups is 1. The van der Waals surface area contributed by atoms with Crippen LogP contribution in [0.5, 0.6) is 0 Å². The van der Waals surface area contributed by atoms with Crippen LogP contribution in [0.2, 0.25) is 0 Å². The Labute approximate surface area is 145 Å². The van der Waals surface area contributed by atoms with Crippen LogP contribution in [0.25, 0.3) is 0 Å². The molecule has 0 amide bonds. The summed E-state index contributed by atoms with van der Waals surface area (Å²) in [4.78, 5) is 12.4.